The number of halogens is 3. The van der Waals surface area contributed by atoms with Crippen LogP contribution in [0.4, 0.5) is 24.5 Å². The molecule has 1 heterocycles. The lowest BCUT2D eigenvalue weighted by atomic mass is 9.99. The molecule has 0 radical (unpaired) electrons. The van der Waals surface area contributed by atoms with Crippen LogP contribution in [-0.2, 0) is 21.4 Å². The number of hydrogen-bond acceptors (Lipinski definition) is 6. The third kappa shape index (κ3) is 8.33. The Kier molecular flexibility index (Phi) is 9.78. The molecule has 0 unspecified atom stereocenters. The predicted molar refractivity (Wildman–Crippen MR) is 158 cm³/mol. The molecule has 1 saturated carbocycles. The van der Waals surface area contributed by atoms with Gasteiger partial charge in [-0.1, -0.05) is 30.3 Å². The fourth-order valence-electron chi connectivity index (χ4n) is 4.55. The second-order valence-corrected chi connectivity index (χ2v) is 12.5. The molecule has 3 aromatic rings. The molecule has 0 aromatic heterocycles. The van der Waals surface area contributed by atoms with Crippen molar-refractivity contribution < 1.29 is 36.3 Å². The molecular formula is C30H33F3N4O5S. The Morgan fingerprint density at radius 2 is 1.56 bits per heavy atom. The number of sulfonamides is 1. The maximum Gasteiger partial charge on any atom is 0.511 e. The zero-order chi connectivity index (χ0) is 31.4. The second-order valence-electron chi connectivity index (χ2n) is 10.5. The van der Waals surface area contributed by atoms with Gasteiger partial charge in [-0.25, -0.2) is 13.2 Å². The topological polar surface area (TPSA) is 133 Å². The number of nitrogens with two attached hydrogens (primary N) is 1. The van der Waals surface area contributed by atoms with E-state index in [0.717, 1.165) is 40.8 Å². The van der Waals surface area contributed by atoms with E-state index in [1.807, 2.05) is 42.2 Å². The van der Waals surface area contributed by atoms with E-state index in [4.69, 9.17) is 10.8 Å². The Bertz CT molecular complexity index is 1550. The molecule has 2 aliphatic rings. The van der Waals surface area contributed by atoms with Crippen molar-refractivity contribution in [3.05, 3.63) is 83.4 Å². The summed E-state index contributed by atoms with van der Waals surface area (Å²) in [7, 11) is -5.21. The summed E-state index contributed by atoms with van der Waals surface area (Å²) in [4.78, 5) is 24.7. The summed E-state index contributed by atoms with van der Waals surface area (Å²) in [6.07, 6.45) is 1.95. The van der Waals surface area contributed by atoms with E-state index in [0.29, 0.717) is 16.5 Å². The fraction of sp³-hybridized carbons (Fsp3) is 0.333. The van der Waals surface area contributed by atoms with Gasteiger partial charge in [0.15, 0.2) is 0 Å². The number of benzene rings is 3. The molecule has 230 valence electrons. The Morgan fingerprint density at radius 3 is 2.09 bits per heavy atom. The molecule has 2 fully saturated rings. The number of alkyl halides is 3. The van der Waals surface area contributed by atoms with Gasteiger partial charge in [0.25, 0.3) is 0 Å². The summed E-state index contributed by atoms with van der Waals surface area (Å²) in [6.45, 7) is 2.76. The van der Waals surface area contributed by atoms with E-state index < -0.39 is 21.5 Å². The third-order valence-electron chi connectivity index (χ3n) is 7.25. The van der Waals surface area contributed by atoms with Crippen LogP contribution >= 0.6 is 0 Å². The van der Waals surface area contributed by atoms with E-state index in [9.17, 15) is 31.2 Å². The lowest BCUT2D eigenvalue weighted by molar-refractivity contribution is -0.117. The number of nitrogen functional groups attached to an aromatic ring is 1. The van der Waals surface area contributed by atoms with Crippen molar-refractivity contribution in [1.29, 1.82) is 0 Å². The Hall–Kier alpha value is -3.94. The van der Waals surface area contributed by atoms with Gasteiger partial charge in [0.1, 0.15) is 0 Å². The molecule has 1 aliphatic heterocycles. The summed E-state index contributed by atoms with van der Waals surface area (Å²) in [5, 5.41) is 11.9. The number of nitrogens with zero attached hydrogens (tertiary/aromatic N) is 2. The van der Waals surface area contributed by atoms with Gasteiger partial charge >= 0.3 is 21.5 Å². The van der Waals surface area contributed by atoms with Crippen LogP contribution in [0.2, 0.25) is 0 Å². The zero-order valence-electron chi connectivity index (χ0n) is 23.5. The van der Waals surface area contributed by atoms with Crippen LogP contribution in [0.1, 0.15) is 34.3 Å². The number of carbonyl (C=O) groups is 2. The Labute approximate surface area is 248 Å². The number of hydrogen-bond donors (Lipinski definition) is 3. The van der Waals surface area contributed by atoms with Crippen LogP contribution in [0, 0.1) is 12.8 Å². The maximum atomic E-state index is 12.4. The van der Waals surface area contributed by atoms with Gasteiger partial charge < -0.3 is 16.2 Å². The standard InChI is InChI=1S/C18H17NO3.C12H16F3N3O2S/c1-11-2-9-15(19-17(20)13-5-6-13)10-16(11)12-3-7-14(8-4-12)18(21)22;13-12(14,15)21(19,20)18-7-5-17(6-8-18)9-10-1-3-11(16)4-2-10/h2-4,7-10,13H,5-6H2,1H3,(H,19,20)(H,21,22);1-4H,5-9,16H2. The SMILES string of the molecule is Cc1ccc(NC(=O)C2CC2)cc1-c1ccc(C(=O)O)cc1.Nc1ccc(CN2CCN(S(=O)(=O)C(F)(F)F)CC2)cc1. The number of anilines is 2. The molecule has 1 saturated heterocycles. The van der Waals surface area contributed by atoms with Crippen LogP contribution in [0.3, 0.4) is 0 Å². The maximum absolute atomic E-state index is 12.4. The van der Waals surface area contributed by atoms with Crippen molar-refractivity contribution in [3.8, 4) is 11.1 Å². The van der Waals surface area contributed by atoms with Crippen molar-refractivity contribution in [3.63, 3.8) is 0 Å². The molecule has 0 atom stereocenters. The smallest absolute Gasteiger partial charge is 0.478 e. The Morgan fingerprint density at radius 1 is 0.953 bits per heavy atom. The second kappa shape index (κ2) is 13.1. The minimum Gasteiger partial charge on any atom is -0.478 e. The summed E-state index contributed by atoms with van der Waals surface area (Å²) in [5.74, 6) is -0.690. The molecule has 0 bridgehead atoms. The van der Waals surface area contributed by atoms with Gasteiger partial charge in [0.2, 0.25) is 5.91 Å². The lowest BCUT2D eigenvalue weighted by Crippen LogP contribution is -2.51. The third-order valence-corrected chi connectivity index (χ3v) is 8.88. The van der Waals surface area contributed by atoms with E-state index in [-0.39, 0.29) is 43.6 Å². The first-order valence-corrected chi connectivity index (χ1v) is 15.1. The molecule has 1 aliphatic carbocycles. The molecule has 5 rings (SSSR count). The number of aromatic carboxylic acids is 1. The van der Waals surface area contributed by atoms with Crippen LogP contribution < -0.4 is 11.1 Å². The van der Waals surface area contributed by atoms with E-state index >= 15 is 0 Å². The summed E-state index contributed by atoms with van der Waals surface area (Å²) in [5.41, 5.74) is 6.01. The zero-order valence-corrected chi connectivity index (χ0v) is 24.3. The minimum atomic E-state index is -5.23. The molecule has 1 amide bonds. The highest BCUT2D eigenvalue weighted by Gasteiger charge is 2.50. The number of nitrogens with one attached hydrogen (secondary N) is 1. The summed E-state index contributed by atoms with van der Waals surface area (Å²) >= 11 is 0. The monoisotopic (exact) mass is 618 g/mol. The number of carboxylic acid groups (broad SMARTS) is 1. The fourth-order valence-corrected chi connectivity index (χ4v) is 5.49. The molecule has 3 aromatic carbocycles. The van der Waals surface area contributed by atoms with Crippen molar-refractivity contribution in [1.82, 2.24) is 9.21 Å². The van der Waals surface area contributed by atoms with Crippen molar-refractivity contribution in [2.45, 2.75) is 31.8 Å². The van der Waals surface area contributed by atoms with Crippen molar-refractivity contribution in [2.24, 2.45) is 5.92 Å². The van der Waals surface area contributed by atoms with Gasteiger partial charge in [-0.15, -0.1) is 0 Å². The van der Waals surface area contributed by atoms with Gasteiger partial charge in [-0.05, 0) is 78.4 Å². The van der Waals surface area contributed by atoms with Crippen molar-refractivity contribution in [2.75, 3.05) is 37.2 Å². The average Bonchev–Trinajstić information content (AvgIpc) is 3.81. The van der Waals surface area contributed by atoms with E-state index in [1.165, 1.54) is 0 Å². The number of carboxylic acids is 1. The largest absolute Gasteiger partial charge is 0.511 e. The van der Waals surface area contributed by atoms with Gasteiger partial charge in [-0.2, -0.15) is 17.5 Å². The number of rotatable bonds is 7. The van der Waals surface area contributed by atoms with E-state index in [1.54, 1.807) is 36.4 Å². The molecule has 9 nitrogen and oxygen atoms in total. The highest BCUT2D eigenvalue weighted by Crippen LogP contribution is 2.32. The lowest BCUT2D eigenvalue weighted by Gasteiger charge is -2.34. The highest BCUT2D eigenvalue weighted by molar-refractivity contribution is 7.90. The molecular weight excluding hydrogens is 585 g/mol. The quantitative estimate of drug-likeness (QED) is 0.320. The average molecular weight is 619 g/mol. The molecule has 0 spiro atoms. The van der Waals surface area contributed by atoms with E-state index in [2.05, 4.69) is 5.32 Å². The Balaban J connectivity index is 0.000000197. The summed E-state index contributed by atoms with van der Waals surface area (Å²) < 4.78 is 60.4. The van der Waals surface area contributed by atoms with Crippen molar-refractivity contribution >= 4 is 33.3 Å². The van der Waals surface area contributed by atoms with Gasteiger partial charge in [0.05, 0.1) is 5.56 Å². The van der Waals surface area contributed by atoms with Crippen LogP contribution in [0.15, 0.2) is 66.7 Å². The van der Waals surface area contributed by atoms with Crippen LogP contribution in [0.5, 0.6) is 0 Å². The first-order valence-electron chi connectivity index (χ1n) is 13.6. The number of aryl methyl sites for hydroxylation is 1. The van der Waals surface area contributed by atoms with Crippen LogP contribution in [-0.4, -0.2) is 66.3 Å². The van der Waals surface area contributed by atoms with Crippen LogP contribution in [0.25, 0.3) is 11.1 Å². The minimum absolute atomic E-state index is 0.0797. The molecule has 43 heavy (non-hydrogen) atoms. The molecule has 13 heteroatoms. The predicted octanol–water partition coefficient (Wildman–Crippen LogP) is 4.94. The molecule has 4 N–H and O–H groups in total. The first kappa shape index (κ1) is 32.0. The van der Waals surface area contributed by atoms with Gasteiger partial charge in [-0.3, -0.25) is 9.69 Å². The highest BCUT2D eigenvalue weighted by atomic mass is 32.2. The first-order chi connectivity index (χ1) is 20.2. The number of piperazine rings is 1. The normalized spacial score (nSPS) is 16.2. The van der Waals surface area contributed by atoms with Gasteiger partial charge in [0, 0.05) is 50.0 Å². The summed E-state index contributed by atoms with van der Waals surface area (Å²) in [6, 6.07) is 19.7. The number of amides is 1. The number of carbonyl (C=O) groups excluding carboxylic acids is 1.